The zero-order chi connectivity index (χ0) is 42.0. The number of azide groups is 3. The van der Waals surface area contributed by atoms with Gasteiger partial charge in [-0.1, -0.05) is 76.0 Å². The first-order chi connectivity index (χ1) is 27.9. The number of carbonyl (C=O) groups excluding carboxylic acids is 4. The van der Waals surface area contributed by atoms with Gasteiger partial charge in [0.1, 0.15) is 37.1 Å². The van der Waals surface area contributed by atoms with E-state index in [2.05, 4.69) is 40.7 Å². The fourth-order valence-electron chi connectivity index (χ4n) is 6.37. The number of hydrogen-bond donors (Lipinski definition) is 4. The SMILES string of the molecule is CC(=O)O[C@@H]1[C@@H](N=[N+]=[N-])[C@@H](O[C@H]2[C@H](O)[C@@H](O)[C@H](NC(=O)[C@H](CCNC(=O)OCc3ccccc3)OCc3ccccc3)C[C@@H]2N=[N+]=[N-])O[C@H](CN=[N+]=[N-])[C@H]1OC(C)=O. The first-order valence-electron chi connectivity index (χ1n) is 18.0. The number of aliphatic hydroxyl groups excluding tert-OH is 2. The second-order valence-electron chi connectivity index (χ2n) is 13.1. The van der Waals surface area contributed by atoms with E-state index in [4.69, 9.17) is 34.0 Å². The molecule has 4 rings (SSSR count). The van der Waals surface area contributed by atoms with E-state index in [1.807, 2.05) is 12.1 Å². The number of nitrogens with zero attached hydrogens (tertiary/aromatic N) is 9. The zero-order valence-electron chi connectivity index (χ0n) is 31.4. The maximum atomic E-state index is 13.7. The van der Waals surface area contributed by atoms with Crippen LogP contribution in [0.15, 0.2) is 76.0 Å². The van der Waals surface area contributed by atoms with Gasteiger partial charge in [-0.15, -0.1) is 0 Å². The maximum absolute atomic E-state index is 13.7. The molecule has 11 atom stereocenters. The molecule has 0 bridgehead atoms. The highest BCUT2D eigenvalue weighted by Gasteiger charge is 2.53. The minimum atomic E-state index is -1.90. The Bertz CT molecular complexity index is 1840. The molecule has 310 valence electrons. The van der Waals surface area contributed by atoms with Crippen LogP contribution in [-0.4, -0.2) is 114 Å². The number of rotatable bonds is 18. The van der Waals surface area contributed by atoms with Crippen LogP contribution in [0, 0.1) is 0 Å². The molecule has 1 aliphatic heterocycles. The quantitative estimate of drug-likeness (QED) is 0.0555. The smallest absolute Gasteiger partial charge is 0.407 e. The normalized spacial score (nSPS) is 26.8. The maximum Gasteiger partial charge on any atom is 0.407 e. The lowest BCUT2D eigenvalue weighted by atomic mass is 9.83. The number of esters is 2. The number of hydrogen-bond acceptors (Lipinski definition) is 15. The number of benzene rings is 2. The molecule has 0 spiro atoms. The third-order valence-corrected chi connectivity index (χ3v) is 9.00. The molecule has 0 radical (unpaired) electrons. The van der Waals surface area contributed by atoms with Crippen LogP contribution in [0.5, 0.6) is 0 Å². The molecule has 1 saturated carbocycles. The van der Waals surface area contributed by atoms with E-state index in [-0.39, 0.29) is 32.6 Å². The van der Waals surface area contributed by atoms with Crippen molar-refractivity contribution in [3.05, 3.63) is 103 Å². The second-order valence-corrected chi connectivity index (χ2v) is 13.1. The van der Waals surface area contributed by atoms with Gasteiger partial charge in [0.25, 0.3) is 0 Å². The summed E-state index contributed by atoms with van der Waals surface area (Å²) in [6, 6.07) is 13.8. The molecular weight excluding hydrogens is 766 g/mol. The molecule has 1 aliphatic carbocycles. The van der Waals surface area contributed by atoms with Gasteiger partial charge in [0.2, 0.25) is 5.91 Å². The monoisotopic (exact) mass is 809 g/mol. The Hall–Kier alpha value is -6.15. The fraction of sp³-hybridized carbons (Fsp3) is 0.543. The Labute approximate surface area is 330 Å². The number of nitrogens with one attached hydrogen (secondary N) is 2. The van der Waals surface area contributed by atoms with Crippen LogP contribution in [0.1, 0.15) is 37.8 Å². The highest BCUT2D eigenvalue weighted by atomic mass is 16.7. The molecule has 2 amide bonds. The fourth-order valence-corrected chi connectivity index (χ4v) is 6.37. The molecule has 58 heavy (non-hydrogen) atoms. The van der Waals surface area contributed by atoms with Crippen molar-refractivity contribution in [2.75, 3.05) is 13.1 Å². The molecule has 1 heterocycles. The van der Waals surface area contributed by atoms with E-state index in [9.17, 15) is 40.5 Å². The van der Waals surface area contributed by atoms with Crippen molar-refractivity contribution in [3.8, 4) is 0 Å². The summed E-state index contributed by atoms with van der Waals surface area (Å²) in [6.07, 6.45) is -13.6. The van der Waals surface area contributed by atoms with Gasteiger partial charge < -0.3 is 49.3 Å². The Kier molecular flexibility index (Phi) is 17.3. The number of amides is 2. The van der Waals surface area contributed by atoms with Crippen LogP contribution < -0.4 is 10.6 Å². The zero-order valence-corrected chi connectivity index (χ0v) is 31.4. The van der Waals surface area contributed by atoms with Gasteiger partial charge in [-0.2, -0.15) is 0 Å². The van der Waals surface area contributed by atoms with Gasteiger partial charge >= 0.3 is 18.0 Å². The highest BCUT2D eigenvalue weighted by Crippen LogP contribution is 2.34. The van der Waals surface area contributed by atoms with E-state index in [0.717, 1.165) is 25.0 Å². The average Bonchev–Trinajstić information content (AvgIpc) is 3.20. The Balaban J connectivity index is 1.50. The van der Waals surface area contributed by atoms with Gasteiger partial charge in [-0.05, 0) is 34.1 Å². The van der Waals surface area contributed by atoms with Crippen molar-refractivity contribution in [2.24, 2.45) is 15.3 Å². The van der Waals surface area contributed by atoms with E-state index in [0.29, 0.717) is 0 Å². The first-order valence-corrected chi connectivity index (χ1v) is 18.0. The molecule has 4 N–H and O–H groups in total. The second kappa shape index (κ2) is 22.6. The number of alkyl carbamates (subject to hydrolysis) is 1. The Morgan fingerprint density at radius 1 is 0.845 bits per heavy atom. The summed E-state index contributed by atoms with van der Waals surface area (Å²) in [6.45, 7) is 1.58. The van der Waals surface area contributed by atoms with Gasteiger partial charge in [0, 0.05) is 41.5 Å². The lowest BCUT2D eigenvalue weighted by Crippen LogP contribution is -2.65. The van der Waals surface area contributed by atoms with E-state index in [1.165, 1.54) is 0 Å². The summed E-state index contributed by atoms with van der Waals surface area (Å²) < 4.78 is 33.8. The molecule has 0 unspecified atom stereocenters. The molecule has 23 nitrogen and oxygen atoms in total. The topological polar surface area (TPSA) is 334 Å². The predicted octanol–water partition coefficient (Wildman–Crippen LogP) is 3.14. The minimum Gasteiger partial charge on any atom is -0.458 e. The van der Waals surface area contributed by atoms with Crippen molar-refractivity contribution in [1.82, 2.24) is 10.6 Å². The van der Waals surface area contributed by atoms with Crippen LogP contribution in [-0.2, 0) is 56.0 Å². The summed E-state index contributed by atoms with van der Waals surface area (Å²) in [4.78, 5) is 58.5. The largest absolute Gasteiger partial charge is 0.458 e. The van der Waals surface area contributed by atoms with Gasteiger partial charge in [-0.3, -0.25) is 14.4 Å². The molecule has 0 aromatic heterocycles. The van der Waals surface area contributed by atoms with Crippen molar-refractivity contribution in [3.63, 3.8) is 0 Å². The van der Waals surface area contributed by atoms with Crippen LogP contribution in [0.4, 0.5) is 4.79 Å². The summed E-state index contributed by atoms with van der Waals surface area (Å²) in [5, 5.41) is 38.7. The summed E-state index contributed by atoms with van der Waals surface area (Å²) >= 11 is 0. The molecule has 23 heteroatoms. The number of carbonyl (C=O) groups is 4. The summed E-state index contributed by atoms with van der Waals surface area (Å²) in [7, 11) is 0. The molecule has 1 saturated heterocycles. The molecule has 2 aliphatic rings. The first kappa shape index (κ1) is 44.6. The third kappa shape index (κ3) is 12.9. The molecule has 2 fully saturated rings. The standard InChI is InChI=1S/C35H43N11O12/c1-19(47)55-31-26(16-40-44-36)57-34(27(43-46-38)32(31)56-20(2)48)58-30-24(42-45-37)15-23(28(49)29(30)50)41-33(51)25(53-17-21-9-5-3-6-10-21)13-14-39-35(52)54-18-22-11-7-4-8-12-22/h3-12,23-32,34,49-50H,13-18H2,1-2H3,(H,39,52)(H,41,51)/t23-,24+,25+,26-,27-,28+,29-,30-,31-,32-,34-/m1/s1. The number of ether oxygens (including phenoxy) is 6. The van der Waals surface area contributed by atoms with Crippen LogP contribution >= 0.6 is 0 Å². The number of aliphatic hydroxyl groups is 2. The molecular formula is C35H43N11O12. The highest BCUT2D eigenvalue weighted by molar-refractivity contribution is 5.81. The average molecular weight is 810 g/mol. The Morgan fingerprint density at radius 2 is 1.47 bits per heavy atom. The van der Waals surface area contributed by atoms with Gasteiger partial charge in [0.15, 0.2) is 18.5 Å². The molecule has 2 aromatic rings. The summed E-state index contributed by atoms with van der Waals surface area (Å²) in [5.74, 6) is -2.46. The van der Waals surface area contributed by atoms with E-state index < -0.39 is 97.6 Å². The van der Waals surface area contributed by atoms with Gasteiger partial charge in [0.05, 0.1) is 31.3 Å². The van der Waals surface area contributed by atoms with Crippen LogP contribution in [0.25, 0.3) is 31.3 Å². The van der Waals surface area contributed by atoms with E-state index in [1.54, 1.807) is 48.5 Å². The van der Waals surface area contributed by atoms with Crippen LogP contribution in [0.3, 0.4) is 0 Å². The lowest BCUT2D eigenvalue weighted by molar-refractivity contribution is -0.291. The predicted molar refractivity (Wildman–Crippen MR) is 197 cm³/mol. The minimum absolute atomic E-state index is 0.00550. The van der Waals surface area contributed by atoms with Crippen molar-refractivity contribution < 1.29 is 57.8 Å². The molecule has 2 aromatic carbocycles. The van der Waals surface area contributed by atoms with Crippen molar-refractivity contribution in [1.29, 1.82) is 0 Å². The van der Waals surface area contributed by atoms with E-state index >= 15 is 0 Å². The van der Waals surface area contributed by atoms with Crippen molar-refractivity contribution in [2.45, 2.75) is 107 Å². The third-order valence-electron chi connectivity index (χ3n) is 9.00. The van der Waals surface area contributed by atoms with Crippen molar-refractivity contribution >= 4 is 23.9 Å². The Morgan fingerprint density at radius 3 is 2.07 bits per heavy atom. The summed E-state index contributed by atoms with van der Waals surface area (Å²) in [5.41, 5.74) is 29.4. The van der Waals surface area contributed by atoms with Crippen LogP contribution in [0.2, 0.25) is 0 Å². The lowest BCUT2D eigenvalue weighted by Gasteiger charge is -2.47. The van der Waals surface area contributed by atoms with Gasteiger partial charge in [-0.25, -0.2) is 4.79 Å².